The van der Waals surface area contributed by atoms with Crippen LogP contribution in [0.2, 0.25) is 5.28 Å². The number of benzene rings is 1. The first-order valence-electron chi connectivity index (χ1n) is 5.61. The van der Waals surface area contributed by atoms with Crippen LogP contribution >= 0.6 is 23.4 Å². The second-order valence-corrected chi connectivity index (χ2v) is 5.04. The van der Waals surface area contributed by atoms with Crippen LogP contribution < -0.4 is 5.32 Å². The van der Waals surface area contributed by atoms with Crippen molar-refractivity contribution in [2.75, 3.05) is 11.6 Å². The van der Waals surface area contributed by atoms with Gasteiger partial charge in [-0.15, -0.1) is 11.8 Å². The molecular formula is C12H11ClN4O2S. The fourth-order valence-electron chi connectivity index (χ4n) is 1.71. The van der Waals surface area contributed by atoms with E-state index in [1.807, 2.05) is 30.5 Å². The summed E-state index contributed by atoms with van der Waals surface area (Å²) < 4.78 is 0. The molecule has 0 aliphatic carbocycles. The second kappa shape index (κ2) is 6.06. The summed E-state index contributed by atoms with van der Waals surface area (Å²) in [5.74, 6) is 0.0917. The molecule has 0 atom stereocenters. The number of rotatable bonds is 4. The van der Waals surface area contributed by atoms with Crippen molar-refractivity contribution < 1.29 is 4.92 Å². The fraction of sp³-hybridized carbons (Fsp3) is 0.167. The molecule has 0 fully saturated rings. The van der Waals surface area contributed by atoms with E-state index in [1.54, 1.807) is 0 Å². The van der Waals surface area contributed by atoms with Crippen LogP contribution in [0.15, 0.2) is 29.2 Å². The number of nitrogens with zero attached hydrogens (tertiary/aromatic N) is 3. The quantitative estimate of drug-likeness (QED) is 0.400. The highest BCUT2D eigenvalue weighted by atomic mass is 35.5. The summed E-state index contributed by atoms with van der Waals surface area (Å²) in [6.07, 6.45) is 1.92. The fourth-order valence-corrected chi connectivity index (χ4v) is 2.48. The molecule has 0 radical (unpaired) electrons. The Morgan fingerprint density at radius 3 is 2.70 bits per heavy atom. The maximum absolute atomic E-state index is 11.1. The highest BCUT2D eigenvalue weighted by molar-refractivity contribution is 7.98. The SMILES string of the molecule is CSc1ccccc1Nc1nc(Cl)nc(C)c1[N+](=O)[O-]. The van der Waals surface area contributed by atoms with E-state index < -0.39 is 4.92 Å². The van der Waals surface area contributed by atoms with Gasteiger partial charge in [-0.3, -0.25) is 10.1 Å². The molecule has 0 saturated carbocycles. The molecule has 104 valence electrons. The lowest BCUT2D eigenvalue weighted by molar-refractivity contribution is -0.385. The van der Waals surface area contributed by atoms with Gasteiger partial charge in [0.25, 0.3) is 0 Å². The van der Waals surface area contributed by atoms with Crippen molar-refractivity contribution in [1.29, 1.82) is 0 Å². The van der Waals surface area contributed by atoms with Crippen LogP contribution in [-0.2, 0) is 0 Å². The van der Waals surface area contributed by atoms with Gasteiger partial charge in [0.2, 0.25) is 11.1 Å². The average molecular weight is 311 g/mol. The van der Waals surface area contributed by atoms with Crippen LogP contribution in [0.3, 0.4) is 0 Å². The van der Waals surface area contributed by atoms with Crippen molar-refractivity contribution in [1.82, 2.24) is 9.97 Å². The summed E-state index contributed by atoms with van der Waals surface area (Å²) in [4.78, 5) is 19.3. The Hall–Kier alpha value is -1.86. The Morgan fingerprint density at radius 1 is 1.35 bits per heavy atom. The third-order valence-corrected chi connectivity index (χ3v) is 3.54. The first kappa shape index (κ1) is 14.5. The van der Waals surface area contributed by atoms with E-state index in [1.165, 1.54) is 18.7 Å². The van der Waals surface area contributed by atoms with Crippen molar-refractivity contribution in [3.05, 3.63) is 45.4 Å². The van der Waals surface area contributed by atoms with Crippen LogP contribution in [-0.4, -0.2) is 21.1 Å². The lowest BCUT2D eigenvalue weighted by Crippen LogP contribution is -2.04. The molecule has 1 N–H and O–H groups in total. The lowest BCUT2D eigenvalue weighted by Gasteiger charge is -2.10. The van der Waals surface area contributed by atoms with Gasteiger partial charge in [0.15, 0.2) is 0 Å². The Morgan fingerprint density at radius 2 is 2.05 bits per heavy atom. The van der Waals surface area contributed by atoms with Crippen LogP contribution in [0.1, 0.15) is 5.69 Å². The second-order valence-electron chi connectivity index (χ2n) is 3.86. The summed E-state index contributed by atoms with van der Waals surface area (Å²) in [5.41, 5.74) is 0.779. The number of aryl methyl sites for hydroxylation is 1. The molecular weight excluding hydrogens is 300 g/mol. The normalized spacial score (nSPS) is 10.3. The molecule has 2 aromatic rings. The highest BCUT2D eigenvalue weighted by Gasteiger charge is 2.22. The summed E-state index contributed by atoms with van der Waals surface area (Å²) in [7, 11) is 0. The number of thioether (sulfide) groups is 1. The Bertz CT molecular complexity index is 666. The van der Waals surface area contributed by atoms with Crippen LogP contribution in [0.4, 0.5) is 17.2 Å². The van der Waals surface area contributed by atoms with Crippen LogP contribution in [0, 0.1) is 17.0 Å². The summed E-state index contributed by atoms with van der Waals surface area (Å²) in [6, 6.07) is 7.46. The lowest BCUT2D eigenvalue weighted by atomic mass is 10.3. The molecule has 1 heterocycles. The zero-order valence-corrected chi connectivity index (χ0v) is 12.3. The van der Waals surface area contributed by atoms with Gasteiger partial charge < -0.3 is 5.32 Å². The Balaban J connectivity index is 2.50. The van der Waals surface area contributed by atoms with Gasteiger partial charge in [0, 0.05) is 4.90 Å². The van der Waals surface area contributed by atoms with E-state index in [9.17, 15) is 10.1 Å². The summed E-state index contributed by atoms with van der Waals surface area (Å²) >= 11 is 7.31. The minimum atomic E-state index is -0.518. The number of halogens is 1. The van der Waals surface area contributed by atoms with E-state index in [0.717, 1.165) is 10.6 Å². The van der Waals surface area contributed by atoms with E-state index in [0.29, 0.717) is 0 Å². The predicted octanol–water partition coefficient (Wildman–Crippen LogP) is 3.81. The van der Waals surface area contributed by atoms with Gasteiger partial charge in [-0.2, -0.15) is 4.98 Å². The smallest absolute Gasteiger partial charge is 0.332 e. The van der Waals surface area contributed by atoms with Crippen molar-refractivity contribution in [3.63, 3.8) is 0 Å². The third kappa shape index (κ3) is 3.00. The monoisotopic (exact) mass is 310 g/mol. The predicted molar refractivity (Wildman–Crippen MR) is 79.9 cm³/mol. The van der Waals surface area contributed by atoms with E-state index in [2.05, 4.69) is 15.3 Å². The van der Waals surface area contributed by atoms with Crippen LogP contribution in [0.25, 0.3) is 0 Å². The summed E-state index contributed by atoms with van der Waals surface area (Å²) in [6.45, 7) is 1.53. The molecule has 0 amide bonds. The molecule has 20 heavy (non-hydrogen) atoms. The minimum absolute atomic E-state index is 0.0303. The first-order valence-corrected chi connectivity index (χ1v) is 7.21. The Kier molecular flexibility index (Phi) is 4.41. The molecule has 0 spiro atoms. The van der Waals surface area contributed by atoms with E-state index in [-0.39, 0.29) is 22.5 Å². The molecule has 0 unspecified atom stereocenters. The Labute approximate surface area is 124 Å². The summed E-state index contributed by atoms with van der Waals surface area (Å²) in [5, 5.41) is 14.1. The van der Waals surface area contributed by atoms with E-state index >= 15 is 0 Å². The number of para-hydroxylation sites is 1. The molecule has 8 heteroatoms. The van der Waals surface area contributed by atoms with Crippen molar-refractivity contribution >= 4 is 40.6 Å². The molecule has 1 aromatic heterocycles. The van der Waals surface area contributed by atoms with Gasteiger partial charge in [-0.25, -0.2) is 4.98 Å². The molecule has 0 aliphatic rings. The molecule has 6 nitrogen and oxygen atoms in total. The zero-order chi connectivity index (χ0) is 14.7. The molecule has 0 aliphatic heterocycles. The van der Waals surface area contributed by atoms with Gasteiger partial charge >= 0.3 is 5.69 Å². The standard InChI is InChI=1S/C12H11ClN4O2S/c1-7-10(17(18)19)11(16-12(13)14-7)15-8-5-3-4-6-9(8)20-2/h3-6H,1-2H3,(H,14,15,16). The van der Waals surface area contributed by atoms with Gasteiger partial charge in [0.1, 0.15) is 5.69 Å². The molecule has 2 rings (SSSR count). The maximum Gasteiger partial charge on any atom is 0.332 e. The van der Waals surface area contributed by atoms with E-state index in [4.69, 9.17) is 11.6 Å². The topological polar surface area (TPSA) is 81.0 Å². The number of hydrogen-bond donors (Lipinski definition) is 1. The maximum atomic E-state index is 11.1. The van der Waals surface area contributed by atoms with Gasteiger partial charge in [-0.05, 0) is 36.9 Å². The molecule has 0 bridgehead atoms. The first-order chi connectivity index (χ1) is 9.52. The average Bonchev–Trinajstić information content (AvgIpc) is 2.38. The van der Waals surface area contributed by atoms with Crippen LogP contribution in [0.5, 0.6) is 0 Å². The number of anilines is 2. The third-order valence-electron chi connectivity index (χ3n) is 2.57. The number of hydrogen-bond acceptors (Lipinski definition) is 6. The van der Waals surface area contributed by atoms with Crippen molar-refractivity contribution in [3.8, 4) is 0 Å². The largest absolute Gasteiger partial charge is 0.333 e. The number of nitro groups is 1. The number of nitrogens with one attached hydrogen (secondary N) is 1. The molecule has 0 saturated heterocycles. The van der Waals surface area contributed by atoms with Crippen molar-refractivity contribution in [2.45, 2.75) is 11.8 Å². The minimum Gasteiger partial charge on any atom is -0.333 e. The number of aromatic nitrogens is 2. The van der Waals surface area contributed by atoms with Gasteiger partial charge in [-0.1, -0.05) is 12.1 Å². The zero-order valence-electron chi connectivity index (χ0n) is 10.8. The van der Waals surface area contributed by atoms with Gasteiger partial charge in [0.05, 0.1) is 10.6 Å². The van der Waals surface area contributed by atoms with Crippen molar-refractivity contribution in [2.24, 2.45) is 0 Å². The molecule has 1 aromatic carbocycles. The highest BCUT2D eigenvalue weighted by Crippen LogP contribution is 2.32.